The molecule has 2 aromatic rings. The van der Waals surface area contributed by atoms with E-state index in [9.17, 15) is 8.78 Å². The van der Waals surface area contributed by atoms with Gasteiger partial charge in [0.15, 0.2) is 0 Å². The van der Waals surface area contributed by atoms with Gasteiger partial charge in [-0.3, -0.25) is 5.10 Å². The number of aryl methyl sites for hydroxylation is 2. The van der Waals surface area contributed by atoms with Crippen molar-refractivity contribution in [1.29, 1.82) is 0 Å². The maximum atomic E-state index is 13.6. The summed E-state index contributed by atoms with van der Waals surface area (Å²) < 4.78 is 26.8. The van der Waals surface area contributed by atoms with Crippen LogP contribution in [0.25, 0.3) is 0 Å². The zero-order valence-corrected chi connectivity index (χ0v) is 10.5. The van der Waals surface area contributed by atoms with Crippen molar-refractivity contribution in [1.82, 2.24) is 10.2 Å². The first-order chi connectivity index (χ1) is 8.49. The summed E-state index contributed by atoms with van der Waals surface area (Å²) in [5.74, 6) is -0.865. The van der Waals surface area contributed by atoms with Crippen LogP contribution < -0.4 is 5.32 Å². The van der Waals surface area contributed by atoms with Crippen molar-refractivity contribution in [2.45, 2.75) is 26.8 Å². The van der Waals surface area contributed by atoms with E-state index in [2.05, 4.69) is 15.5 Å². The lowest BCUT2D eigenvalue weighted by Crippen LogP contribution is -2.10. The van der Waals surface area contributed by atoms with E-state index in [1.54, 1.807) is 6.92 Å². The van der Waals surface area contributed by atoms with Gasteiger partial charge in [0.1, 0.15) is 11.6 Å². The lowest BCUT2D eigenvalue weighted by atomic mass is 10.1. The third-order valence-corrected chi connectivity index (χ3v) is 2.91. The molecule has 2 N–H and O–H groups in total. The second kappa shape index (κ2) is 4.76. The summed E-state index contributed by atoms with van der Waals surface area (Å²) in [7, 11) is 0. The van der Waals surface area contributed by atoms with E-state index in [0.29, 0.717) is 5.56 Å². The van der Waals surface area contributed by atoms with E-state index in [-0.39, 0.29) is 6.04 Å². The van der Waals surface area contributed by atoms with Crippen LogP contribution in [0, 0.1) is 25.5 Å². The van der Waals surface area contributed by atoms with E-state index in [4.69, 9.17) is 0 Å². The Morgan fingerprint density at radius 2 is 2.00 bits per heavy atom. The Morgan fingerprint density at radius 3 is 2.61 bits per heavy atom. The van der Waals surface area contributed by atoms with Gasteiger partial charge in [0.05, 0.1) is 23.1 Å². The van der Waals surface area contributed by atoms with Crippen molar-refractivity contribution in [3.8, 4) is 0 Å². The smallest absolute Gasteiger partial charge is 0.128 e. The van der Waals surface area contributed by atoms with Crippen LogP contribution in [0.5, 0.6) is 0 Å². The Morgan fingerprint density at radius 1 is 1.28 bits per heavy atom. The fourth-order valence-corrected chi connectivity index (χ4v) is 1.90. The van der Waals surface area contributed by atoms with Gasteiger partial charge in [-0.2, -0.15) is 5.10 Å². The molecule has 0 aliphatic heterocycles. The maximum absolute atomic E-state index is 13.6. The van der Waals surface area contributed by atoms with Crippen molar-refractivity contribution in [2.75, 3.05) is 5.32 Å². The molecule has 2 rings (SSSR count). The largest absolute Gasteiger partial charge is 0.375 e. The Bertz CT molecular complexity index is 544. The number of hydrogen-bond donors (Lipinski definition) is 2. The third kappa shape index (κ3) is 2.34. The number of rotatable bonds is 3. The van der Waals surface area contributed by atoms with E-state index in [1.165, 1.54) is 6.07 Å². The van der Waals surface area contributed by atoms with Gasteiger partial charge in [-0.25, -0.2) is 8.78 Å². The lowest BCUT2D eigenvalue weighted by molar-refractivity contribution is 0.577. The van der Waals surface area contributed by atoms with Crippen LogP contribution in [0.4, 0.5) is 14.5 Å². The summed E-state index contributed by atoms with van der Waals surface area (Å²) in [4.78, 5) is 0. The van der Waals surface area contributed by atoms with Gasteiger partial charge in [-0.05, 0) is 39.0 Å². The average molecular weight is 251 g/mol. The highest BCUT2D eigenvalue weighted by Gasteiger charge is 2.15. The highest BCUT2D eigenvalue weighted by Crippen LogP contribution is 2.25. The quantitative estimate of drug-likeness (QED) is 0.876. The van der Waals surface area contributed by atoms with E-state index in [1.807, 2.05) is 13.8 Å². The van der Waals surface area contributed by atoms with E-state index in [0.717, 1.165) is 29.2 Å². The molecule has 18 heavy (non-hydrogen) atoms. The summed E-state index contributed by atoms with van der Waals surface area (Å²) in [5, 5.41) is 10.0. The van der Waals surface area contributed by atoms with E-state index >= 15 is 0 Å². The fraction of sp³-hybridized carbons (Fsp3) is 0.308. The minimum absolute atomic E-state index is 0.301. The highest BCUT2D eigenvalue weighted by atomic mass is 19.1. The van der Waals surface area contributed by atoms with Gasteiger partial charge >= 0.3 is 0 Å². The Hall–Kier alpha value is -1.91. The fourth-order valence-electron chi connectivity index (χ4n) is 1.90. The van der Waals surface area contributed by atoms with Gasteiger partial charge in [-0.1, -0.05) is 0 Å². The minimum atomic E-state index is -0.444. The first-order valence-electron chi connectivity index (χ1n) is 5.72. The second-order valence-electron chi connectivity index (χ2n) is 4.34. The zero-order valence-electron chi connectivity index (χ0n) is 10.5. The molecular formula is C13H15F2N3. The predicted octanol–water partition coefficient (Wildman–Crippen LogP) is 3.48. The molecule has 0 saturated carbocycles. The molecule has 1 unspecified atom stereocenters. The van der Waals surface area contributed by atoms with Crippen LogP contribution in [0.3, 0.4) is 0 Å². The van der Waals surface area contributed by atoms with Crippen LogP contribution in [0.1, 0.15) is 29.9 Å². The first kappa shape index (κ1) is 12.5. The summed E-state index contributed by atoms with van der Waals surface area (Å²) in [5.41, 5.74) is 2.80. The van der Waals surface area contributed by atoms with Crippen molar-refractivity contribution in [2.24, 2.45) is 0 Å². The van der Waals surface area contributed by atoms with E-state index < -0.39 is 11.6 Å². The van der Waals surface area contributed by atoms with Gasteiger partial charge in [0, 0.05) is 5.56 Å². The molecule has 1 aromatic carbocycles. The molecule has 0 amide bonds. The maximum Gasteiger partial charge on any atom is 0.128 e. The molecule has 0 spiro atoms. The molecule has 0 bridgehead atoms. The minimum Gasteiger partial charge on any atom is -0.375 e. The molecule has 1 heterocycles. The summed E-state index contributed by atoms with van der Waals surface area (Å²) in [6, 6.07) is 3.12. The SMILES string of the molecule is Cc1n[nH]c(C)c1NC(C)c1cc(F)ccc1F. The van der Waals surface area contributed by atoms with Gasteiger partial charge < -0.3 is 5.32 Å². The monoisotopic (exact) mass is 251 g/mol. The van der Waals surface area contributed by atoms with Crippen LogP contribution in [-0.2, 0) is 0 Å². The van der Waals surface area contributed by atoms with Crippen molar-refractivity contribution in [3.63, 3.8) is 0 Å². The molecule has 0 aliphatic carbocycles. The number of anilines is 1. The van der Waals surface area contributed by atoms with Crippen molar-refractivity contribution < 1.29 is 8.78 Å². The topological polar surface area (TPSA) is 40.7 Å². The standard InChI is InChI=1S/C13H15F2N3/c1-7(11-6-10(14)4-5-12(11)15)16-13-8(2)17-18-9(13)3/h4-7,16H,1-3H3,(H,17,18). The van der Waals surface area contributed by atoms with Crippen LogP contribution in [-0.4, -0.2) is 10.2 Å². The molecular weight excluding hydrogens is 236 g/mol. The van der Waals surface area contributed by atoms with Crippen LogP contribution >= 0.6 is 0 Å². The number of aromatic amines is 1. The van der Waals surface area contributed by atoms with Gasteiger partial charge in [0.25, 0.3) is 0 Å². The molecule has 1 aromatic heterocycles. The molecule has 0 fully saturated rings. The average Bonchev–Trinajstić information content (AvgIpc) is 2.64. The van der Waals surface area contributed by atoms with Gasteiger partial charge in [0.2, 0.25) is 0 Å². The number of H-pyrrole nitrogens is 1. The number of aromatic nitrogens is 2. The van der Waals surface area contributed by atoms with Gasteiger partial charge in [-0.15, -0.1) is 0 Å². The second-order valence-corrected chi connectivity index (χ2v) is 4.34. The molecule has 96 valence electrons. The summed E-state index contributed by atoms with van der Waals surface area (Å²) >= 11 is 0. The first-order valence-corrected chi connectivity index (χ1v) is 5.72. The van der Waals surface area contributed by atoms with Crippen LogP contribution in [0.2, 0.25) is 0 Å². The molecule has 1 atom stereocenters. The Kier molecular flexibility index (Phi) is 3.32. The molecule has 5 heteroatoms. The summed E-state index contributed by atoms with van der Waals surface area (Å²) in [6.45, 7) is 5.50. The predicted molar refractivity (Wildman–Crippen MR) is 66.5 cm³/mol. The molecule has 0 saturated heterocycles. The number of hydrogen-bond acceptors (Lipinski definition) is 2. The normalized spacial score (nSPS) is 12.5. The van der Waals surface area contributed by atoms with Crippen LogP contribution in [0.15, 0.2) is 18.2 Å². The molecule has 3 nitrogen and oxygen atoms in total. The molecule has 0 aliphatic rings. The molecule has 0 radical (unpaired) electrons. The Balaban J connectivity index is 2.27. The van der Waals surface area contributed by atoms with Crippen molar-refractivity contribution >= 4 is 5.69 Å². The number of benzene rings is 1. The zero-order chi connectivity index (χ0) is 13.3. The number of nitrogens with zero attached hydrogens (tertiary/aromatic N) is 1. The van der Waals surface area contributed by atoms with Crippen molar-refractivity contribution in [3.05, 3.63) is 46.8 Å². The Labute approximate surface area is 104 Å². The number of halogens is 2. The summed E-state index contributed by atoms with van der Waals surface area (Å²) in [6.07, 6.45) is 0. The number of nitrogens with one attached hydrogen (secondary N) is 2. The lowest BCUT2D eigenvalue weighted by Gasteiger charge is -2.16. The third-order valence-electron chi connectivity index (χ3n) is 2.91. The highest BCUT2D eigenvalue weighted by molar-refractivity contribution is 5.53.